The molecule has 0 aromatic rings. The largest absolute Gasteiger partial charge is 0.415 e. The molecule has 6 heteroatoms. The zero-order valence-corrected chi connectivity index (χ0v) is 27.4. The smallest absolute Gasteiger partial charge is 0.200 e. The number of hydrogen-bond donors (Lipinski definition) is 0. The summed E-state index contributed by atoms with van der Waals surface area (Å²) in [4.78, 5) is 13.0. The average molecular weight is 586 g/mol. The Morgan fingerprint density at radius 1 is 0.972 bits per heavy atom. The minimum absolute atomic E-state index is 0.00759. The first-order valence-electron chi connectivity index (χ1n) is 14.7. The Hall–Kier alpha value is 0.247. The molecule has 1 heterocycles. The minimum Gasteiger partial charge on any atom is -0.415 e. The van der Waals surface area contributed by atoms with Gasteiger partial charge < -0.3 is 13.9 Å². The van der Waals surface area contributed by atoms with Crippen molar-refractivity contribution < 1.29 is 18.7 Å². The topological polar surface area (TPSA) is 44.8 Å². The molecule has 1 unspecified atom stereocenters. The van der Waals surface area contributed by atoms with Gasteiger partial charge in [-0.1, -0.05) is 78.2 Å². The Balaban J connectivity index is 1.80. The van der Waals surface area contributed by atoms with Crippen LogP contribution in [-0.2, 0) is 18.7 Å². The van der Waals surface area contributed by atoms with Crippen molar-refractivity contribution >= 4 is 30.0 Å². The normalized spacial score (nSPS) is 44.6. The lowest BCUT2D eigenvalue weighted by Crippen LogP contribution is -2.66. The third-order valence-corrected chi connectivity index (χ3v) is 18.1. The van der Waals surface area contributed by atoms with E-state index in [1.165, 1.54) is 0 Å². The molecule has 3 saturated carbocycles. The molecule has 4 nitrogen and oxygen atoms in total. The maximum atomic E-state index is 13.1. The summed E-state index contributed by atoms with van der Waals surface area (Å²) in [6, 6.07) is 0. The van der Waals surface area contributed by atoms with Gasteiger partial charge in [0.1, 0.15) is 5.78 Å². The summed E-state index contributed by atoms with van der Waals surface area (Å²) in [5.74, 6) is 1.03. The van der Waals surface area contributed by atoms with Gasteiger partial charge in [0.2, 0.25) is 0 Å². The Kier molecular flexibility index (Phi) is 7.89. The molecule has 4 aliphatic rings. The number of fused-ring (bicyclic) bond motifs is 5. The first kappa shape index (κ1) is 29.2. The summed E-state index contributed by atoms with van der Waals surface area (Å²) >= 11 is 3.81. The standard InChI is InChI=1S/C30H53BrO4Si/c1-17(2)36(18(3)4,19(5)6)33-16-30-13-12-22-21(8)24(32)23(31)15-29(22,11)27(30)26-25(20(7)14-30)34-28(9,10)35-26/h17-23,25-27H,12-16H2,1-11H3/t20-,21+,22+,23?,25-,26-,27-,29+,30+/m1/s1. The zero-order chi connectivity index (χ0) is 27.0. The second-order valence-electron chi connectivity index (χ2n) is 14.7. The fourth-order valence-corrected chi connectivity index (χ4v) is 16.8. The second kappa shape index (κ2) is 9.71. The second-order valence-corrected chi connectivity index (χ2v) is 21.3. The number of carbonyl (C=O) groups is 1. The lowest BCUT2D eigenvalue weighted by atomic mass is 9.41. The van der Waals surface area contributed by atoms with Crippen molar-refractivity contribution in [3.8, 4) is 0 Å². The predicted octanol–water partition coefficient (Wildman–Crippen LogP) is 8.13. The van der Waals surface area contributed by atoms with E-state index in [1.807, 2.05) is 0 Å². The van der Waals surface area contributed by atoms with E-state index in [0.29, 0.717) is 40.2 Å². The van der Waals surface area contributed by atoms with Crippen LogP contribution in [0.25, 0.3) is 0 Å². The minimum atomic E-state index is -2.02. The van der Waals surface area contributed by atoms with E-state index in [1.54, 1.807) is 0 Å². The number of ketones is 1. The molecule has 0 spiro atoms. The van der Waals surface area contributed by atoms with Crippen molar-refractivity contribution in [2.45, 2.75) is 141 Å². The van der Waals surface area contributed by atoms with Gasteiger partial charge in [0.05, 0.1) is 17.0 Å². The van der Waals surface area contributed by atoms with Gasteiger partial charge in [0, 0.05) is 18.4 Å². The van der Waals surface area contributed by atoms with Crippen LogP contribution in [0.4, 0.5) is 0 Å². The number of ether oxygens (including phenoxy) is 2. The Bertz CT molecular complexity index is 821. The summed E-state index contributed by atoms with van der Waals surface area (Å²) in [7, 11) is -2.02. The molecule has 9 atom stereocenters. The molecule has 3 aliphatic carbocycles. The van der Waals surface area contributed by atoms with Crippen LogP contribution in [0.5, 0.6) is 0 Å². The summed E-state index contributed by atoms with van der Waals surface area (Å²) in [6.45, 7) is 26.3. The fraction of sp³-hybridized carbons (Fsp3) is 0.967. The van der Waals surface area contributed by atoms with Crippen LogP contribution in [-0.4, -0.2) is 43.5 Å². The maximum Gasteiger partial charge on any atom is 0.200 e. The molecule has 0 bridgehead atoms. The highest BCUT2D eigenvalue weighted by molar-refractivity contribution is 9.10. The van der Waals surface area contributed by atoms with E-state index >= 15 is 0 Å². The van der Waals surface area contributed by atoms with Crippen molar-refractivity contribution in [3.63, 3.8) is 0 Å². The van der Waals surface area contributed by atoms with Gasteiger partial charge in [-0.05, 0) is 78.8 Å². The summed E-state index contributed by atoms with van der Waals surface area (Å²) in [5, 5.41) is 0. The highest BCUT2D eigenvalue weighted by Gasteiger charge is 2.68. The lowest BCUT2D eigenvalue weighted by molar-refractivity contribution is -0.207. The van der Waals surface area contributed by atoms with E-state index < -0.39 is 14.1 Å². The van der Waals surface area contributed by atoms with Crippen LogP contribution in [0.15, 0.2) is 0 Å². The van der Waals surface area contributed by atoms with Crippen molar-refractivity contribution in [2.75, 3.05) is 6.61 Å². The zero-order valence-electron chi connectivity index (χ0n) is 24.8. The van der Waals surface area contributed by atoms with E-state index in [9.17, 15) is 4.79 Å². The van der Waals surface area contributed by atoms with Gasteiger partial charge in [-0.25, -0.2) is 0 Å². The molecule has 0 aromatic carbocycles. The van der Waals surface area contributed by atoms with E-state index in [2.05, 4.69) is 92.1 Å². The number of rotatable bonds is 6. The molecule has 36 heavy (non-hydrogen) atoms. The predicted molar refractivity (Wildman–Crippen MR) is 153 cm³/mol. The van der Waals surface area contributed by atoms with E-state index in [0.717, 1.165) is 32.3 Å². The van der Waals surface area contributed by atoms with Gasteiger partial charge in [0.25, 0.3) is 0 Å². The van der Waals surface area contributed by atoms with Crippen molar-refractivity contribution in [3.05, 3.63) is 0 Å². The maximum absolute atomic E-state index is 13.1. The number of halogens is 1. The monoisotopic (exact) mass is 584 g/mol. The van der Waals surface area contributed by atoms with Crippen LogP contribution in [0.3, 0.4) is 0 Å². The fourth-order valence-electron chi connectivity index (χ4n) is 10.1. The molecule has 1 saturated heterocycles. The van der Waals surface area contributed by atoms with Crippen LogP contribution >= 0.6 is 15.9 Å². The first-order valence-corrected chi connectivity index (χ1v) is 17.8. The first-order chi connectivity index (χ1) is 16.5. The van der Waals surface area contributed by atoms with Gasteiger partial charge >= 0.3 is 0 Å². The summed E-state index contributed by atoms with van der Waals surface area (Å²) < 4.78 is 20.8. The number of carbonyl (C=O) groups excluding carboxylic acids is 1. The quantitative estimate of drug-likeness (QED) is 0.233. The van der Waals surface area contributed by atoms with E-state index in [-0.39, 0.29) is 33.8 Å². The molecule has 0 radical (unpaired) electrons. The third kappa shape index (κ3) is 4.35. The van der Waals surface area contributed by atoms with Gasteiger partial charge in [0.15, 0.2) is 14.1 Å². The van der Waals surface area contributed by atoms with Crippen molar-refractivity contribution in [1.82, 2.24) is 0 Å². The third-order valence-electron chi connectivity index (χ3n) is 11.2. The Morgan fingerprint density at radius 2 is 1.53 bits per heavy atom. The Morgan fingerprint density at radius 3 is 2.08 bits per heavy atom. The highest BCUT2D eigenvalue weighted by Crippen LogP contribution is 2.68. The van der Waals surface area contributed by atoms with Crippen molar-refractivity contribution in [2.24, 2.45) is 34.5 Å². The van der Waals surface area contributed by atoms with Gasteiger partial charge in [-0.2, -0.15) is 0 Å². The molecule has 0 amide bonds. The Labute approximate surface area is 230 Å². The molecule has 208 valence electrons. The number of hydrogen-bond acceptors (Lipinski definition) is 4. The van der Waals surface area contributed by atoms with E-state index in [4.69, 9.17) is 13.9 Å². The van der Waals surface area contributed by atoms with Crippen LogP contribution < -0.4 is 0 Å². The molecule has 0 N–H and O–H groups in total. The average Bonchev–Trinajstić information content (AvgIpc) is 3.06. The SMILES string of the molecule is CC(C)[Si](OC[C@@]12CC[C@H]3[C@H](C)C(=O)C(Br)C[C@]3(C)[C@H]1[C@@H]1OC(C)(C)O[C@@H]1[C@H](C)C2)(C(C)C)C(C)C. The van der Waals surface area contributed by atoms with Gasteiger partial charge in [-0.3, -0.25) is 4.79 Å². The summed E-state index contributed by atoms with van der Waals surface area (Å²) in [5.41, 5.74) is 1.76. The van der Waals surface area contributed by atoms with Crippen molar-refractivity contribution in [1.29, 1.82) is 0 Å². The molecular formula is C30H53BrO4Si. The van der Waals surface area contributed by atoms with Crippen LogP contribution in [0.1, 0.15) is 102 Å². The highest BCUT2D eigenvalue weighted by atomic mass is 79.9. The number of Topliss-reactive ketones (excluding diaryl/α,β-unsaturated/α-hetero) is 1. The molecular weight excluding hydrogens is 532 g/mol. The molecule has 4 fully saturated rings. The van der Waals surface area contributed by atoms with Crippen LogP contribution in [0, 0.1) is 34.5 Å². The number of alkyl halides is 1. The molecule has 1 aliphatic heterocycles. The molecule has 0 aromatic heterocycles. The molecule has 4 rings (SSSR count). The summed E-state index contributed by atoms with van der Waals surface area (Å²) in [6.07, 6.45) is 4.39. The van der Waals surface area contributed by atoms with Crippen LogP contribution in [0.2, 0.25) is 16.6 Å². The lowest BCUT2D eigenvalue weighted by Gasteiger charge is -2.65. The van der Waals surface area contributed by atoms with Gasteiger partial charge in [-0.15, -0.1) is 0 Å².